The van der Waals surface area contributed by atoms with E-state index in [1.54, 1.807) is 30.5 Å². The lowest BCUT2D eigenvalue weighted by Crippen LogP contribution is -2.23. The van der Waals surface area contributed by atoms with E-state index in [1.165, 1.54) is 12.1 Å². The van der Waals surface area contributed by atoms with Gasteiger partial charge in [0.05, 0.1) is 0 Å². The average Bonchev–Trinajstić information content (AvgIpc) is 3.05. The average molecular weight is 390 g/mol. The topological polar surface area (TPSA) is 64.4 Å². The fraction of sp³-hybridized carbons (Fsp3) is 0.130. The number of amides is 1. The number of rotatable bonds is 5. The van der Waals surface area contributed by atoms with Gasteiger partial charge in [0.2, 0.25) is 5.88 Å². The lowest BCUT2D eigenvalue weighted by molar-refractivity contribution is 0.0924. The van der Waals surface area contributed by atoms with E-state index in [2.05, 4.69) is 10.3 Å². The molecular weight excluding hydrogens is 371 g/mol. The monoisotopic (exact) mass is 390 g/mol. The zero-order valence-electron chi connectivity index (χ0n) is 16.0. The van der Waals surface area contributed by atoms with E-state index < -0.39 is 5.82 Å². The van der Waals surface area contributed by atoms with Gasteiger partial charge < -0.3 is 14.5 Å². The zero-order valence-corrected chi connectivity index (χ0v) is 16.0. The van der Waals surface area contributed by atoms with Gasteiger partial charge in [-0.2, -0.15) is 0 Å². The smallest absolute Gasteiger partial charge is 0.287 e. The molecule has 0 aliphatic rings. The third-order valence-electron chi connectivity index (χ3n) is 4.67. The first-order valence-corrected chi connectivity index (χ1v) is 9.17. The minimum Gasteiger partial charge on any atom is -0.450 e. The van der Waals surface area contributed by atoms with Crippen LogP contribution in [0.1, 0.15) is 27.2 Å². The number of para-hydroxylation sites is 1. The van der Waals surface area contributed by atoms with Gasteiger partial charge in [0.25, 0.3) is 5.91 Å². The molecule has 0 aliphatic heterocycles. The van der Waals surface area contributed by atoms with Crippen molar-refractivity contribution in [3.63, 3.8) is 0 Å². The van der Waals surface area contributed by atoms with E-state index in [-0.39, 0.29) is 18.2 Å². The summed E-state index contributed by atoms with van der Waals surface area (Å²) in [6.07, 6.45) is 1.58. The summed E-state index contributed by atoms with van der Waals surface area (Å²) in [5, 5.41) is 3.77. The molecule has 0 saturated heterocycles. The molecule has 29 heavy (non-hydrogen) atoms. The van der Waals surface area contributed by atoms with Gasteiger partial charge in [0.15, 0.2) is 5.76 Å². The van der Waals surface area contributed by atoms with Crippen LogP contribution in [-0.4, -0.2) is 10.9 Å². The highest BCUT2D eigenvalue weighted by Gasteiger charge is 2.19. The Balaban J connectivity index is 1.53. The van der Waals surface area contributed by atoms with Crippen LogP contribution in [0.2, 0.25) is 0 Å². The molecule has 5 nitrogen and oxygen atoms in total. The van der Waals surface area contributed by atoms with Crippen molar-refractivity contribution in [1.29, 1.82) is 0 Å². The first-order chi connectivity index (χ1) is 14.0. The van der Waals surface area contributed by atoms with Gasteiger partial charge in [-0.3, -0.25) is 4.79 Å². The molecule has 4 aromatic rings. The Labute approximate surface area is 167 Å². The maximum absolute atomic E-state index is 13.4. The zero-order chi connectivity index (χ0) is 20.4. The number of aryl methyl sites for hydroxylation is 2. The summed E-state index contributed by atoms with van der Waals surface area (Å²) < 4.78 is 24.9. The molecule has 2 heterocycles. The van der Waals surface area contributed by atoms with Crippen LogP contribution < -0.4 is 10.1 Å². The van der Waals surface area contributed by atoms with Crippen LogP contribution in [0.15, 0.2) is 65.2 Å². The van der Waals surface area contributed by atoms with E-state index in [9.17, 15) is 9.18 Å². The summed E-state index contributed by atoms with van der Waals surface area (Å²) in [7, 11) is 0. The van der Waals surface area contributed by atoms with Crippen LogP contribution in [0, 0.1) is 19.7 Å². The molecule has 0 radical (unpaired) electrons. The molecule has 146 valence electrons. The number of hydrogen-bond donors (Lipinski definition) is 1. The number of hydrogen-bond acceptors (Lipinski definition) is 4. The van der Waals surface area contributed by atoms with E-state index in [0.717, 1.165) is 16.5 Å². The summed E-state index contributed by atoms with van der Waals surface area (Å²) in [4.78, 5) is 16.9. The number of aromatic nitrogens is 1. The number of carbonyl (C=O) groups excluding carboxylic acids is 1. The number of carbonyl (C=O) groups is 1. The Morgan fingerprint density at radius 3 is 2.76 bits per heavy atom. The molecule has 0 aliphatic carbocycles. The Morgan fingerprint density at radius 1 is 1.14 bits per heavy atom. The van der Waals surface area contributed by atoms with Crippen LogP contribution in [0.5, 0.6) is 11.6 Å². The largest absolute Gasteiger partial charge is 0.450 e. The maximum Gasteiger partial charge on any atom is 0.287 e. The Morgan fingerprint density at radius 2 is 1.97 bits per heavy atom. The van der Waals surface area contributed by atoms with E-state index in [4.69, 9.17) is 9.15 Å². The first kappa shape index (κ1) is 18.7. The van der Waals surface area contributed by atoms with Crippen molar-refractivity contribution >= 4 is 16.9 Å². The van der Waals surface area contributed by atoms with Crippen molar-refractivity contribution in [2.24, 2.45) is 0 Å². The molecule has 0 fully saturated rings. The van der Waals surface area contributed by atoms with Crippen LogP contribution in [0.3, 0.4) is 0 Å². The van der Waals surface area contributed by atoms with Gasteiger partial charge in [-0.25, -0.2) is 9.37 Å². The number of furan rings is 1. The number of ether oxygens (including phenoxy) is 1. The van der Waals surface area contributed by atoms with Gasteiger partial charge in [0, 0.05) is 35.3 Å². The fourth-order valence-electron chi connectivity index (χ4n) is 3.15. The summed E-state index contributed by atoms with van der Waals surface area (Å²) in [5.74, 6) is 0.198. The Kier molecular flexibility index (Phi) is 4.99. The minimum absolute atomic E-state index is 0.187. The maximum atomic E-state index is 13.4. The summed E-state index contributed by atoms with van der Waals surface area (Å²) >= 11 is 0. The van der Waals surface area contributed by atoms with Gasteiger partial charge in [-0.15, -0.1) is 0 Å². The van der Waals surface area contributed by atoms with Crippen molar-refractivity contribution in [1.82, 2.24) is 10.3 Å². The van der Waals surface area contributed by atoms with Crippen LogP contribution in [0.25, 0.3) is 11.0 Å². The third-order valence-corrected chi connectivity index (χ3v) is 4.67. The van der Waals surface area contributed by atoms with Gasteiger partial charge in [0.1, 0.15) is 17.1 Å². The molecular formula is C23H19FN2O3. The lowest BCUT2D eigenvalue weighted by atomic mass is 10.1. The number of nitrogens with zero attached hydrogens (tertiary/aromatic N) is 1. The van der Waals surface area contributed by atoms with Gasteiger partial charge in [-0.05, 0) is 37.6 Å². The quantitative estimate of drug-likeness (QED) is 0.502. The summed E-state index contributed by atoms with van der Waals surface area (Å²) in [6.45, 7) is 3.99. The highest BCUT2D eigenvalue weighted by atomic mass is 19.1. The fourth-order valence-corrected chi connectivity index (χ4v) is 3.15. The second-order valence-electron chi connectivity index (χ2n) is 6.72. The van der Waals surface area contributed by atoms with E-state index in [0.29, 0.717) is 22.8 Å². The molecule has 1 amide bonds. The number of halogens is 1. The second-order valence-corrected chi connectivity index (χ2v) is 6.72. The van der Waals surface area contributed by atoms with Crippen molar-refractivity contribution in [3.8, 4) is 11.6 Å². The van der Waals surface area contributed by atoms with Gasteiger partial charge >= 0.3 is 0 Å². The van der Waals surface area contributed by atoms with Crippen LogP contribution >= 0.6 is 0 Å². The predicted octanol–water partition coefficient (Wildman–Crippen LogP) is 5.31. The number of nitrogens with one attached hydrogen (secondary N) is 1. The summed E-state index contributed by atoms with van der Waals surface area (Å²) in [6, 6.07) is 15.2. The van der Waals surface area contributed by atoms with Gasteiger partial charge in [-0.1, -0.05) is 30.3 Å². The molecule has 2 aromatic carbocycles. The highest BCUT2D eigenvalue weighted by molar-refractivity contribution is 5.99. The highest BCUT2D eigenvalue weighted by Crippen LogP contribution is 2.28. The molecule has 0 bridgehead atoms. The van der Waals surface area contributed by atoms with Crippen molar-refractivity contribution in [3.05, 3.63) is 89.1 Å². The Bertz CT molecular complexity index is 1200. The van der Waals surface area contributed by atoms with Crippen molar-refractivity contribution in [2.45, 2.75) is 20.4 Å². The molecule has 4 rings (SSSR count). The number of benzene rings is 2. The molecule has 0 spiro atoms. The van der Waals surface area contributed by atoms with Crippen LogP contribution in [0.4, 0.5) is 4.39 Å². The number of fused-ring (bicyclic) bond motifs is 1. The standard InChI is InChI=1S/C23H19FN2O3/c1-14-6-3-10-19-15(2)21(29-20(14)19)22(27)26-13-16-7-5-11-25-23(16)28-18-9-4-8-17(24)12-18/h3-12H,13H2,1-2H3,(H,26,27). The molecule has 0 unspecified atom stereocenters. The molecule has 1 N–H and O–H groups in total. The third kappa shape index (κ3) is 3.82. The summed E-state index contributed by atoms with van der Waals surface area (Å²) in [5.41, 5.74) is 3.15. The predicted molar refractivity (Wildman–Crippen MR) is 108 cm³/mol. The Hall–Kier alpha value is -3.67. The lowest BCUT2D eigenvalue weighted by Gasteiger charge is -2.10. The minimum atomic E-state index is -0.399. The molecule has 0 atom stereocenters. The normalized spacial score (nSPS) is 10.9. The van der Waals surface area contributed by atoms with Crippen LogP contribution in [-0.2, 0) is 6.54 Å². The van der Waals surface area contributed by atoms with Crippen molar-refractivity contribution in [2.75, 3.05) is 0 Å². The first-order valence-electron chi connectivity index (χ1n) is 9.17. The number of pyridine rings is 1. The van der Waals surface area contributed by atoms with E-state index in [1.807, 2.05) is 32.0 Å². The second kappa shape index (κ2) is 7.75. The molecule has 0 saturated carbocycles. The van der Waals surface area contributed by atoms with Crippen molar-refractivity contribution < 1.29 is 18.3 Å². The molecule has 2 aromatic heterocycles. The molecule has 6 heteroatoms. The SMILES string of the molecule is Cc1c(C(=O)NCc2cccnc2Oc2cccc(F)c2)oc2c(C)cccc12. The van der Waals surface area contributed by atoms with E-state index >= 15 is 0 Å².